The normalized spacial score (nSPS) is 11.1. The van der Waals surface area contributed by atoms with E-state index in [-0.39, 0.29) is 24.0 Å². The van der Waals surface area contributed by atoms with Gasteiger partial charge in [0.25, 0.3) is 0 Å². The maximum Gasteiger partial charge on any atom is 0.191 e. The van der Waals surface area contributed by atoms with Crippen molar-refractivity contribution < 1.29 is 0 Å². The standard InChI is InChI=1S/C18H23N7.HI/c1-3-19-18(21-13-17-9-10-22-24(17)2)20-11-15-12-23-25(14-15)16-7-5-4-6-8-16;/h4-10,12,14H,3,11,13H2,1-2H3,(H2,19,20,21);1H. The van der Waals surface area contributed by atoms with E-state index in [0.29, 0.717) is 13.1 Å². The van der Waals surface area contributed by atoms with Gasteiger partial charge in [0.05, 0.1) is 30.7 Å². The number of halogens is 1. The van der Waals surface area contributed by atoms with Gasteiger partial charge < -0.3 is 10.6 Å². The second-order valence-corrected chi connectivity index (χ2v) is 5.62. The molecule has 0 saturated carbocycles. The summed E-state index contributed by atoms with van der Waals surface area (Å²) in [5.74, 6) is 0.774. The van der Waals surface area contributed by atoms with E-state index in [4.69, 9.17) is 0 Å². The molecule has 0 atom stereocenters. The fourth-order valence-electron chi connectivity index (χ4n) is 2.42. The van der Waals surface area contributed by atoms with Crippen LogP contribution in [-0.4, -0.2) is 32.1 Å². The summed E-state index contributed by atoms with van der Waals surface area (Å²) in [7, 11) is 1.93. The van der Waals surface area contributed by atoms with E-state index in [1.165, 1.54) is 0 Å². The third-order valence-corrected chi connectivity index (χ3v) is 3.78. The molecule has 0 amide bonds. The number of aryl methyl sites for hydroxylation is 1. The highest BCUT2D eigenvalue weighted by molar-refractivity contribution is 14.0. The van der Waals surface area contributed by atoms with Gasteiger partial charge in [-0.3, -0.25) is 4.68 Å². The molecule has 0 saturated heterocycles. The number of benzene rings is 1. The fourth-order valence-corrected chi connectivity index (χ4v) is 2.42. The lowest BCUT2D eigenvalue weighted by atomic mass is 10.3. The van der Waals surface area contributed by atoms with Crippen molar-refractivity contribution in [3.05, 3.63) is 66.2 Å². The molecule has 26 heavy (non-hydrogen) atoms. The molecule has 0 aliphatic carbocycles. The molecule has 2 N–H and O–H groups in total. The van der Waals surface area contributed by atoms with Crippen molar-refractivity contribution in [3.63, 3.8) is 0 Å². The largest absolute Gasteiger partial charge is 0.357 e. The molecule has 7 nitrogen and oxygen atoms in total. The van der Waals surface area contributed by atoms with E-state index >= 15 is 0 Å². The molecule has 0 aliphatic heterocycles. The van der Waals surface area contributed by atoms with E-state index in [1.807, 2.05) is 65.2 Å². The van der Waals surface area contributed by atoms with Crippen molar-refractivity contribution in [3.8, 4) is 5.69 Å². The van der Waals surface area contributed by atoms with Crippen LogP contribution in [0.5, 0.6) is 0 Å². The molecule has 0 bridgehead atoms. The van der Waals surface area contributed by atoms with E-state index in [9.17, 15) is 0 Å². The summed E-state index contributed by atoms with van der Waals surface area (Å²) in [6, 6.07) is 12.0. The number of rotatable bonds is 6. The van der Waals surface area contributed by atoms with Gasteiger partial charge in [-0.15, -0.1) is 24.0 Å². The second-order valence-electron chi connectivity index (χ2n) is 5.62. The highest BCUT2D eigenvalue weighted by Gasteiger charge is 2.03. The minimum absolute atomic E-state index is 0. The first kappa shape index (κ1) is 20.0. The first-order valence-corrected chi connectivity index (χ1v) is 8.34. The number of nitrogens with zero attached hydrogens (tertiary/aromatic N) is 5. The van der Waals surface area contributed by atoms with Crippen LogP contribution >= 0.6 is 24.0 Å². The Bertz CT molecular complexity index is 823. The van der Waals surface area contributed by atoms with Crippen molar-refractivity contribution in [1.29, 1.82) is 0 Å². The van der Waals surface area contributed by atoms with Gasteiger partial charge in [0.1, 0.15) is 0 Å². The van der Waals surface area contributed by atoms with Crippen LogP contribution in [0.4, 0.5) is 0 Å². The summed E-state index contributed by atoms with van der Waals surface area (Å²) in [4.78, 5) is 4.63. The number of hydrogen-bond acceptors (Lipinski definition) is 3. The van der Waals surface area contributed by atoms with Gasteiger partial charge in [-0.25, -0.2) is 9.67 Å². The van der Waals surface area contributed by atoms with Crippen LogP contribution in [0.2, 0.25) is 0 Å². The molecule has 0 unspecified atom stereocenters. The van der Waals surface area contributed by atoms with Crippen LogP contribution in [0.15, 0.2) is 60.0 Å². The van der Waals surface area contributed by atoms with Crippen molar-refractivity contribution >= 4 is 29.9 Å². The molecule has 3 aromatic rings. The first-order chi connectivity index (χ1) is 12.3. The number of hydrogen-bond donors (Lipinski definition) is 2. The second kappa shape index (κ2) is 9.95. The number of aromatic nitrogens is 4. The predicted octanol–water partition coefficient (Wildman–Crippen LogP) is 2.48. The minimum atomic E-state index is 0. The minimum Gasteiger partial charge on any atom is -0.357 e. The molecule has 0 fully saturated rings. The quantitative estimate of drug-likeness (QED) is 0.334. The Labute approximate surface area is 170 Å². The molecule has 138 valence electrons. The highest BCUT2D eigenvalue weighted by Crippen LogP contribution is 2.08. The van der Waals surface area contributed by atoms with Gasteiger partial charge >= 0.3 is 0 Å². The van der Waals surface area contributed by atoms with Crippen LogP contribution in [0, 0.1) is 0 Å². The smallest absolute Gasteiger partial charge is 0.191 e. The molecular weight excluding hydrogens is 441 g/mol. The average Bonchev–Trinajstić information content (AvgIpc) is 3.27. The lowest BCUT2D eigenvalue weighted by Crippen LogP contribution is -2.37. The molecule has 3 rings (SSSR count). The summed E-state index contributed by atoms with van der Waals surface area (Å²) in [5, 5.41) is 15.2. The van der Waals surface area contributed by atoms with Crippen LogP contribution in [0.25, 0.3) is 5.69 Å². The number of para-hydroxylation sites is 1. The van der Waals surface area contributed by atoms with Crippen molar-refractivity contribution in [2.24, 2.45) is 12.0 Å². The Balaban J connectivity index is 0.00000243. The predicted molar refractivity (Wildman–Crippen MR) is 114 cm³/mol. The lowest BCUT2D eigenvalue weighted by molar-refractivity contribution is 0.685. The summed E-state index contributed by atoms with van der Waals surface area (Å²) < 4.78 is 3.71. The number of nitrogens with one attached hydrogen (secondary N) is 2. The SMILES string of the molecule is CCNC(=NCc1cnn(-c2ccccc2)c1)NCc1ccnn1C.I. The monoisotopic (exact) mass is 465 g/mol. The van der Waals surface area contributed by atoms with E-state index in [0.717, 1.165) is 29.4 Å². The van der Waals surface area contributed by atoms with Gasteiger partial charge in [0, 0.05) is 31.5 Å². The fraction of sp³-hybridized carbons (Fsp3) is 0.278. The van der Waals surface area contributed by atoms with E-state index in [1.54, 1.807) is 6.20 Å². The molecule has 2 heterocycles. The molecular formula is C18H24IN7. The Morgan fingerprint density at radius 1 is 1.12 bits per heavy atom. The van der Waals surface area contributed by atoms with Gasteiger partial charge in [-0.1, -0.05) is 18.2 Å². The van der Waals surface area contributed by atoms with Crippen LogP contribution in [0.3, 0.4) is 0 Å². The van der Waals surface area contributed by atoms with Gasteiger partial charge in [0.15, 0.2) is 5.96 Å². The molecule has 1 aromatic carbocycles. The van der Waals surface area contributed by atoms with Gasteiger partial charge in [-0.2, -0.15) is 10.2 Å². The molecule has 8 heteroatoms. The maximum absolute atomic E-state index is 4.63. The topological polar surface area (TPSA) is 72.1 Å². The van der Waals surface area contributed by atoms with Crippen molar-refractivity contribution in [2.75, 3.05) is 6.54 Å². The molecule has 0 radical (unpaired) electrons. The first-order valence-electron chi connectivity index (χ1n) is 8.34. The number of aliphatic imine (C=N–C) groups is 1. The van der Waals surface area contributed by atoms with Crippen LogP contribution in [0.1, 0.15) is 18.2 Å². The van der Waals surface area contributed by atoms with Gasteiger partial charge in [-0.05, 0) is 25.1 Å². The summed E-state index contributed by atoms with van der Waals surface area (Å²) in [6.07, 6.45) is 5.64. The molecule has 0 aliphatic rings. The third kappa shape index (κ3) is 5.32. The Kier molecular flexibility index (Phi) is 7.64. The van der Waals surface area contributed by atoms with Crippen LogP contribution in [-0.2, 0) is 20.1 Å². The zero-order valence-electron chi connectivity index (χ0n) is 15.0. The maximum atomic E-state index is 4.63. The zero-order chi connectivity index (χ0) is 17.5. The Morgan fingerprint density at radius 2 is 1.92 bits per heavy atom. The van der Waals surface area contributed by atoms with Crippen molar-refractivity contribution in [2.45, 2.75) is 20.0 Å². The summed E-state index contributed by atoms with van der Waals surface area (Å²) >= 11 is 0. The lowest BCUT2D eigenvalue weighted by Gasteiger charge is -2.11. The summed E-state index contributed by atoms with van der Waals surface area (Å²) in [5.41, 5.74) is 3.20. The van der Waals surface area contributed by atoms with Crippen molar-refractivity contribution in [1.82, 2.24) is 30.2 Å². The Hall–Kier alpha value is -2.36. The van der Waals surface area contributed by atoms with E-state index in [2.05, 4.69) is 32.7 Å². The van der Waals surface area contributed by atoms with Gasteiger partial charge in [0.2, 0.25) is 0 Å². The number of guanidine groups is 1. The highest BCUT2D eigenvalue weighted by atomic mass is 127. The zero-order valence-corrected chi connectivity index (χ0v) is 17.3. The van der Waals surface area contributed by atoms with E-state index < -0.39 is 0 Å². The summed E-state index contributed by atoms with van der Waals surface area (Å²) in [6.45, 7) is 4.09. The third-order valence-electron chi connectivity index (χ3n) is 3.78. The molecule has 0 spiro atoms. The average molecular weight is 465 g/mol. The molecule has 2 aromatic heterocycles. The van der Waals surface area contributed by atoms with Crippen LogP contribution < -0.4 is 10.6 Å². The Morgan fingerprint density at radius 3 is 2.62 bits per heavy atom.